The second-order valence-electron chi connectivity index (χ2n) is 13.8. The molecule has 4 nitrogen and oxygen atoms in total. The Morgan fingerprint density at radius 3 is 1.67 bits per heavy atom. The van der Waals surface area contributed by atoms with Crippen molar-refractivity contribution in [1.82, 2.24) is 19.1 Å². The fourth-order valence-electron chi connectivity index (χ4n) is 8.27. The normalized spacial score (nSPS) is 11.7. The highest BCUT2D eigenvalue weighted by Gasteiger charge is 2.20. The zero-order chi connectivity index (χ0) is 35.6. The van der Waals surface area contributed by atoms with E-state index in [1.54, 1.807) is 0 Å². The van der Waals surface area contributed by atoms with Gasteiger partial charge in [0, 0.05) is 44.0 Å². The molecule has 0 aliphatic heterocycles. The predicted molar refractivity (Wildman–Crippen MR) is 225 cm³/mol. The zero-order valence-corrected chi connectivity index (χ0v) is 29.3. The molecule has 0 aliphatic carbocycles. The van der Waals surface area contributed by atoms with Gasteiger partial charge in [0.2, 0.25) is 0 Å². The molecule has 0 aliphatic rings. The van der Waals surface area contributed by atoms with Gasteiger partial charge in [-0.25, -0.2) is 9.97 Å². The summed E-state index contributed by atoms with van der Waals surface area (Å²) >= 11 is 0. The fourth-order valence-corrected chi connectivity index (χ4v) is 8.27. The second kappa shape index (κ2) is 12.1. The summed E-state index contributed by atoms with van der Waals surface area (Å²) in [5.41, 5.74) is 13.0. The van der Waals surface area contributed by atoms with Gasteiger partial charge >= 0.3 is 0 Å². The number of rotatable bonds is 5. The molecule has 0 atom stereocenters. The average Bonchev–Trinajstić information content (AvgIpc) is 3.81. The topological polar surface area (TPSA) is 35.6 Å². The summed E-state index contributed by atoms with van der Waals surface area (Å²) in [7, 11) is 0. The van der Waals surface area contributed by atoms with Gasteiger partial charge in [-0.3, -0.25) is 4.57 Å². The van der Waals surface area contributed by atoms with Crippen molar-refractivity contribution < 1.29 is 0 Å². The number of pyridine rings is 1. The summed E-state index contributed by atoms with van der Waals surface area (Å²) in [6.07, 6.45) is 0. The first kappa shape index (κ1) is 30.3. The molecule has 3 heterocycles. The largest absolute Gasteiger partial charge is 0.309 e. The Labute approximate surface area is 311 Å². The third kappa shape index (κ3) is 4.70. The van der Waals surface area contributed by atoms with E-state index in [2.05, 4.69) is 191 Å². The lowest BCUT2D eigenvalue weighted by molar-refractivity contribution is 1.10. The van der Waals surface area contributed by atoms with Crippen LogP contribution < -0.4 is 0 Å². The molecule has 3 aromatic heterocycles. The molecule has 0 N–H and O–H groups in total. The maximum atomic E-state index is 5.51. The van der Waals surface area contributed by atoms with E-state index >= 15 is 0 Å². The van der Waals surface area contributed by atoms with E-state index < -0.39 is 0 Å². The van der Waals surface area contributed by atoms with Crippen molar-refractivity contribution in [1.29, 1.82) is 0 Å². The van der Waals surface area contributed by atoms with Crippen molar-refractivity contribution in [3.63, 3.8) is 0 Å². The van der Waals surface area contributed by atoms with Crippen LogP contribution in [0.15, 0.2) is 194 Å². The summed E-state index contributed by atoms with van der Waals surface area (Å²) in [6, 6.07) is 68.9. The first-order chi connectivity index (χ1) is 26.8. The Bertz CT molecular complexity index is 3180. The highest BCUT2D eigenvalue weighted by atomic mass is 15.1. The van der Waals surface area contributed by atoms with Crippen molar-refractivity contribution in [2.75, 3.05) is 0 Å². The van der Waals surface area contributed by atoms with Gasteiger partial charge in [-0.05, 0) is 71.1 Å². The number of benzene rings is 8. The molecular weight excluding hydrogens is 657 g/mol. The molecule has 0 unspecified atom stereocenters. The van der Waals surface area contributed by atoms with Gasteiger partial charge in [0.25, 0.3) is 0 Å². The Morgan fingerprint density at radius 1 is 0.315 bits per heavy atom. The monoisotopic (exact) mass is 688 g/mol. The molecular formula is C50H32N4. The van der Waals surface area contributed by atoms with Gasteiger partial charge in [-0.1, -0.05) is 140 Å². The number of para-hydroxylation sites is 5. The lowest BCUT2D eigenvalue weighted by Crippen LogP contribution is -1.97. The van der Waals surface area contributed by atoms with Gasteiger partial charge in [0.15, 0.2) is 0 Å². The highest BCUT2D eigenvalue weighted by molar-refractivity contribution is 6.28. The van der Waals surface area contributed by atoms with Crippen molar-refractivity contribution in [3.05, 3.63) is 194 Å². The summed E-state index contributed by atoms with van der Waals surface area (Å²) in [5.74, 6) is 0.924. The quantitative estimate of drug-likeness (QED) is 0.169. The zero-order valence-electron chi connectivity index (χ0n) is 29.3. The minimum absolute atomic E-state index is 0.924. The fraction of sp³-hybridized carbons (Fsp3) is 0. The van der Waals surface area contributed by atoms with E-state index in [0.29, 0.717) is 0 Å². The standard InChI is InChI=1S/C50H32N4/c1-4-14-34(15-5-1)49-48-40(30-31-46-47(48)41-20-10-12-22-44(41)53(46)37-16-6-2-7-17-37)39-29-28-36(32-43(39)51-49)33-24-26-35(27-25-33)50-52-42-21-11-13-23-45(42)54(50)38-18-8-3-9-19-38/h1-32H. The van der Waals surface area contributed by atoms with Crippen molar-refractivity contribution in [3.8, 4) is 45.1 Å². The predicted octanol–water partition coefficient (Wildman–Crippen LogP) is 12.8. The second-order valence-corrected chi connectivity index (χ2v) is 13.8. The van der Waals surface area contributed by atoms with Crippen LogP contribution in [0.5, 0.6) is 0 Å². The molecule has 0 bridgehead atoms. The molecule has 4 heteroatoms. The van der Waals surface area contributed by atoms with E-state index in [4.69, 9.17) is 9.97 Å². The number of nitrogens with zero attached hydrogens (tertiary/aromatic N) is 4. The van der Waals surface area contributed by atoms with E-state index in [9.17, 15) is 0 Å². The van der Waals surface area contributed by atoms with Crippen molar-refractivity contribution in [2.24, 2.45) is 0 Å². The molecule has 8 aromatic carbocycles. The number of imidazole rings is 1. The molecule has 0 saturated carbocycles. The smallest absolute Gasteiger partial charge is 0.145 e. The lowest BCUT2D eigenvalue weighted by atomic mass is 9.94. The van der Waals surface area contributed by atoms with Gasteiger partial charge in [0.1, 0.15) is 5.82 Å². The van der Waals surface area contributed by atoms with Gasteiger partial charge in [-0.15, -0.1) is 0 Å². The van der Waals surface area contributed by atoms with Gasteiger partial charge < -0.3 is 4.57 Å². The maximum absolute atomic E-state index is 5.51. The van der Waals surface area contributed by atoms with Crippen LogP contribution in [-0.4, -0.2) is 19.1 Å². The Balaban J connectivity index is 1.10. The molecule has 252 valence electrons. The molecule has 0 spiro atoms. The van der Waals surface area contributed by atoms with E-state index in [0.717, 1.165) is 67.1 Å². The van der Waals surface area contributed by atoms with Crippen LogP contribution in [0.2, 0.25) is 0 Å². The Kier molecular flexibility index (Phi) is 6.82. The van der Waals surface area contributed by atoms with Crippen LogP contribution >= 0.6 is 0 Å². The summed E-state index contributed by atoms with van der Waals surface area (Å²) in [4.78, 5) is 10.6. The maximum Gasteiger partial charge on any atom is 0.145 e. The molecule has 0 saturated heterocycles. The third-order valence-electron chi connectivity index (χ3n) is 10.7. The summed E-state index contributed by atoms with van der Waals surface area (Å²) in [5, 5.41) is 5.96. The minimum Gasteiger partial charge on any atom is -0.309 e. The molecule has 0 fully saturated rings. The SMILES string of the molecule is c1ccc(-c2nc3cc(-c4ccc(-c5nc6ccccc6n5-c5ccccc5)cc4)ccc3c3ccc4c(c5ccccc5n4-c4ccccc4)c23)cc1. The van der Waals surface area contributed by atoms with Crippen molar-refractivity contribution >= 4 is 54.5 Å². The van der Waals surface area contributed by atoms with E-state index in [1.165, 1.54) is 32.6 Å². The number of aromatic nitrogens is 4. The number of hydrogen-bond donors (Lipinski definition) is 0. The third-order valence-corrected chi connectivity index (χ3v) is 10.7. The number of fused-ring (bicyclic) bond motifs is 8. The number of hydrogen-bond acceptors (Lipinski definition) is 2. The Morgan fingerprint density at radius 2 is 0.907 bits per heavy atom. The molecule has 11 rings (SSSR count). The summed E-state index contributed by atoms with van der Waals surface area (Å²) < 4.78 is 4.62. The average molecular weight is 689 g/mol. The van der Waals surface area contributed by atoms with Crippen LogP contribution in [0.4, 0.5) is 0 Å². The molecule has 54 heavy (non-hydrogen) atoms. The molecule has 0 radical (unpaired) electrons. The van der Waals surface area contributed by atoms with Crippen LogP contribution in [0.1, 0.15) is 0 Å². The Hall–Kier alpha value is -7.30. The van der Waals surface area contributed by atoms with Gasteiger partial charge in [-0.2, -0.15) is 0 Å². The molecule has 0 amide bonds. The van der Waals surface area contributed by atoms with Gasteiger partial charge in [0.05, 0.1) is 33.3 Å². The van der Waals surface area contributed by atoms with Crippen LogP contribution in [-0.2, 0) is 0 Å². The van der Waals surface area contributed by atoms with Crippen LogP contribution in [0.3, 0.4) is 0 Å². The van der Waals surface area contributed by atoms with Crippen molar-refractivity contribution in [2.45, 2.75) is 0 Å². The van der Waals surface area contributed by atoms with E-state index in [-0.39, 0.29) is 0 Å². The lowest BCUT2D eigenvalue weighted by Gasteiger charge is -2.14. The summed E-state index contributed by atoms with van der Waals surface area (Å²) in [6.45, 7) is 0. The first-order valence-corrected chi connectivity index (χ1v) is 18.3. The van der Waals surface area contributed by atoms with Crippen LogP contribution in [0.25, 0.3) is 99.7 Å². The highest BCUT2D eigenvalue weighted by Crippen LogP contribution is 2.43. The van der Waals surface area contributed by atoms with E-state index in [1.807, 2.05) is 12.1 Å². The van der Waals surface area contributed by atoms with Crippen LogP contribution in [0, 0.1) is 0 Å². The first-order valence-electron chi connectivity index (χ1n) is 18.3. The molecule has 11 aromatic rings. The minimum atomic E-state index is 0.924.